The van der Waals surface area contributed by atoms with E-state index in [0.717, 1.165) is 17.9 Å². The molecule has 1 amide bonds. The predicted octanol–water partition coefficient (Wildman–Crippen LogP) is 2.74. The highest BCUT2D eigenvalue weighted by Gasteiger charge is 2.22. The molecule has 0 aliphatic rings. The maximum atomic E-state index is 13.9. The summed E-state index contributed by atoms with van der Waals surface area (Å²) in [6, 6.07) is 7.94. The van der Waals surface area contributed by atoms with Gasteiger partial charge in [-0.05, 0) is 30.7 Å². The van der Waals surface area contributed by atoms with E-state index in [2.05, 4.69) is 4.72 Å². The van der Waals surface area contributed by atoms with Crippen molar-refractivity contribution in [1.82, 2.24) is 4.72 Å². The molecule has 26 heavy (non-hydrogen) atoms. The van der Waals surface area contributed by atoms with Crippen LogP contribution in [0.4, 0.5) is 18.9 Å². The molecule has 0 atom stereocenters. The van der Waals surface area contributed by atoms with Crippen LogP contribution in [-0.4, -0.2) is 27.4 Å². The monoisotopic (exact) mass is 386 g/mol. The molecule has 0 aromatic heterocycles. The highest BCUT2D eigenvalue weighted by Crippen LogP contribution is 2.23. The maximum Gasteiger partial charge on any atom is 0.240 e. The summed E-state index contributed by atoms with van der Waals surface area (Å²) in [7, 11) is -3.84. The van der Waals surface area contributed by atoms with Crippen LogP contribution in [0.1, 0.15) is 12.5 Å². The molecule has 140 valence electrons. The Morgan fingerprint density at radius 3 is 2.35 bits per heavy atom. The molecule has 2 aromatic rings. The second-order valence-electron chi connectivity index (χ2n) is 5.53. The number of nitrogens with one attached hydrogen (secondary N) is 1. The van der Waals surface area contributed by atoms with Crippen LogP contribution < -0.4 is 9.62 Å². The van der Waals surface area contributed by atoms with Gasteiger partial charge < -0.3 is 4.90 Å². The minimum absolute atomic E-state index is 0.0772. The molecule has 9 heteroatoms. The molecule has 0 aliphatic heterocycles. The summed E-state index contributed by atoms with van der Waals surface area (Å²) >= 11 is 0. The van der Waals surface area contributed by atoms with Crippen molar-refractivity contribution in [3.8, 4) is 0 Å². The molecule has 0 aliphatic carbocycles. The Kier molecular flexibility index (Phi) is 6.04. The Bertz CT molecular complexity index is 933. The molecule has 5 nitrogen and oxygen atoms in total. The Balaban J connectivity index is 2.17. The first-order chi connectivity index (χ1) is 12.1. The van der Waals surface area contributed by atoms with Gasteiger partial charge in [-0.1, -0.05) is 18.2 Å². The normalized spacial score (nSPS) is 11.4. The first kappa shape index (κ1) is 19.9. The summed E-state index contributed by atoms with van der Waals surface area (Å²) in [6.07, 6.45) is 0. The van der Waals surface area contributed by atoms with Gasteiger partial charge in [0.1, 0.15) is 0 Å². The Morgan fingerprint density at radius 2 is 1.73 bits per heavy atom. The highest BCUT2D eigenvalue weighted by atomic mass is 32.2. The average Bonchev–Trinajstić information content (AvgIpc) is 2.57. The number of nitrogens with zero attached hydrogens (tertiary/aromatic N) is 1. The molecule has 0 heterocycles. The third kappa shape index (κ3) is 4.23. The second-order valence-corrected chi connectivity index (χ2v) is 7.26. The van der Waals surface area contributed by atoms with E-state index >= 15 is 0 Å². The van der Waals surface area contributed by atoms with E-state index in [1.54, 1.807) is 25.1 Å². The van der Waals surface area contributed by atoms with E-state index in [4.69, 9.17) is 0 Å². The SMILES string of the molecule is CC(=O)N(CCNS(=O)(=O)c1ccccc1C)c1ccc(F)c(F)c1F. The number of sulfonamides is 1. The van der Waals surface area contributed by atoms with Crippen molar-refractivity contribution in [2.24, 2.45) is 0 Å². The lowest BCUT2D eigenvalue weighted by molar-refractivity contribution is -0.116. The number of anilines is 1. The molecule has 0 bridgehead atoms. The fraction of sp³-hybridized carbons (Fsp3) is 0.235. The molecule has 1 N–H and O–H groups in total. The van der Waals surface area contributed by atoms with E-state index < -0.39 is 39.1 Å². The topological polar surface area (TPSA) is 66.5 Å². The van der Waals surface area contributed by atoms with Crippen molar-refractivity contribution in [3.63, 3.8) is 0 Å². The number of hydrogen-bond acceptors (Lipinski definition) is 3. The van der Waals surface area contributed by atoms with E-state index in [0.29, 0.717) is 11.6 Å². The third-order valence-electron chi connectivity index (χ3n) is 3.70. The molecular weight excluding hydrogens is 369 g/mol. The molecular formula is C17H17F3N2O3S. The Morgan fingerprint density at radius 1 is 1.08 bits per heavy atom. The zero-order valence-corrected chi connectivity index (χ0v) is 14.9. The molecule has 0 radical (unpaired) electrons. The first-order valence-corrected chi connectivity index (χ1v) is 9.10. The average molecular weight is 386 g/mol. The van der Waals surface area contributed by atoms with Gasteiger partial charge in [-0.25, -0.2) is 26.3 Å². The summed E-state index contributed by atoms with van der Waals surface area (Å²) < 4.78 is 67.3. The van der Waals surface area contributed by atoms with Crippen molar-refractivity contribution >= 4 is 21.6 Å². The lowest BCUT2D eigenvalue weighted by Crippen LogP contribution is -2.38. The number of carbonyl (C=O) groups is 1. The summed E-state index contributed by atoms with van der Waals surface area (Å²) in [5, 5.41) is 0. The second kappa shape index (κ2) is 7.88. The van der Waals surface area contributed by atoms with Crippen molar-refractivity contribution in [2.45, 2.75) is 18.7 Å². The van der Waals surface area contributed by atoms with E-state index in [-0.39, 0.29) is 18.0 Å². The van der Waals surface area contributed by atoms with Crippen LogP contribution >= 0.6 is 0 Å². The number of aryl methyl sites for hydroxylation is 1. The molecule has 2 aromatic carbocycles. The molecule has 0 fully saturated rings. The number of halogens is 3. The molecule has 0 unspecified atom stereocenters. The fourth-order valence-electron chi connectivity index (χ4n) is 2.40. The van der Waals surface area contributed by atoms with Crippen LogP contribution in [0.5, 0.6) is 0 Å². The third-order valence-corrected chi connectivity index (χ3v) is 5.32. The van der Waals surface area contributed by atoms with Crippen molar-refractivity contribution in [1.29, 1.82) is 0 Å². The molecule has 0 saturated heterocycles. The number of hydrogen-bond donors (Lipinski definition) is 1. The zero-order chi connectivity index (χ0) is 19.5. The van der Waals surface area contributed by atoms with Crippen LogP contribution in [0.15, 0.2) is 41.3 Å². The minimum Gasteiger partial charge on any atom is -0.308 e. The minimum atomic E-state index is -3.84. The molecule has 0 spiro atoms. The van der Waals surface area contributed by atoms with Gasteiger partial charge in [0.05, 0.1) is 10.6 Å². The van der Waals surface area contributed by atoms with Crippen LogP contribution in [0.25, 0.3) is 0 Å². The van der Waals surface area contributed by atoms with Gasteiger partial charge in [-0.15, -0.1) is 0 Å². The van der Waals surface area contributed by atoms with Crippen LogP contribution in [0, 0.1) is 24.4 Å². The number of amides is 1. The summed E-state index contributed by atoms with van der Waals surface area (Å²) in [5.74, 6) is -5.24. The van der Waals surface area contributed by atoms with Crippen molar-refractivity contribution < 1.29 is 26.4 Å². The largest absolute Gasteiger partial charge is 0.308 e. The van der Waals surface area contributed by atoms with Gasteiger partial charge in [-0.3, -0.25) is 4.79 Å². The van der Waals surface area contributed by atoms with Crippen molar-refractivity contribution in [3.05, 3.63) is 59.4 Å². The van der Waals surface area contributed by atoms with Crippen LogP contribution in [0.3, 0.4) is 0 Å². The van der Waals surface area contributed by atoms with Gasteiger partial charge in [0.15, 0.2) is 17.5 Å². The van der Waals surface area contributed by atoms with Gasteiger partial charge in [-0.2, -0.15) is 0 Å². The van der Waals surface area contributed by atoms with Crippen LogP contribution in [-0.2, 0) is 14.8 Å². The Labute approximate surface area is 149 Å². The van der Waals surface area contributed by atoms with Crippen LogP contribution in [0.2, 0.25) is 0 Å². The standard InChI is InChI=1S/C17H17F3N2O3S/c1-11-5-3-4-6-15(11)26(24,25)21-9-10-22(12(2)23)14-8-7-13(18)16(19)17(14)20/h3-8,21H,9-10H2,1-2H3. The maximum absolute atomic E-state index is 13.9. The van der Waals surface area contributed by atoms with E-state index in [1.807, 2.05) is 0 Å². The summed E-state index contributed by atoms with van der Waals surface area (Å²) in [4.78, 5) is 12.6. The molecule has 0 saturated carbocycles. The van der Waals surface area contributed by atoms with Gasteiger partial charge in [0.2, 0.25) is 15.9 Å². The zero-order valence-electron chi connectivity index (χ0n) is 14.1. The quantitative estimate of drug-likeness (QED) is 0.777. The van der Waals surface area contributed by atoms with Gasteiger partial charge in [0.25, 0.3) is 0 Å². The first-order valence-electron chi connectivity index (χ1n) is 7.62. The lowest BCUT2D eigenvalue weighted by Gasteiger charge is -2.22. The lowest BCUT2D eigenvalue weighted by atomic mass is 10.2. The number of carbonyl (C=O) groups excluding carboxylic acids is 1. The van der Waals surface area contributed by atoms with Gasteiger partial charge >= 0.3 is 0 Å². The van der Waals surface area contributed by atoms with Gasteiger partial charge in [0, 0.05) is 20.0 Å². The fourth-order valence-corrected chi connectivity index (χ4v) is 3.66. The number of benzene rings is 2. The highest BCUT2D eigenvalue weighted by molar-refractivity contribution is 7.89. The summed E-state index contributed by atoms with van der Waals surface area (Å²) in [6.45, 7) is 2.24. The smallest absolute Gasteiger partial charge is 0.240 e. The number of rotatable bonds is 6. The van der Waals surface area contributed by atoms with E-state index in [1.165, 1.54) is 6.07 Å². The van der Waals surface area contributed by atoms with Crippen molar-refractivity contribution in [2.75, 3.05) is 18.0 Å². The van der Waals surface area contributed by atoms with E-state index in [9.17, 15) is 26.4 Å². The molecule has 2 rings (SSSR count). The summed E-state index contributed by atoms with van der Waals surface area (Å²) in [5.41, 5.74) is 0.0709. The Hall–Kier alpha value is -2.39. The predicted molar refractivity (Wildman–Crippen MR) is 90.7 cm³/mol.